The van der Waals surface area contributed by atoms with E-state index in [4.69, 9.17) is 11.6 Å². The lowest BCUT2D eigenvalue weighted by Gasteiger charge is -2.14. The van der Waals surface area contributed by atoms with Crippen molar-refractivity contribution in [3.05, 3.63) is 94.0 Å². The van der Waals surface area contributed by atoms with Gasteiger partial charge in [-0.2, -0.15) is 26.3 Å². The summed E-state index contributed by atoms with van der Waals surface area (Å²) in [5.74, 6) is 4.26. The first-order valence-electron chi connectivity index (χ1n) is 10.2. The van der Waals surface area contributed by atoms with E-state index >= 15 is 0 Å². The molecule has 0 saturated heterocycles. The first-order chi connectivity index (χ1) is 17.4. The van der Waals surface area contributed by atoms with Gasteiger partial charge in [-0.05, 0) is 47.7 Å². The third-order valence-electron chi connectivity index (χ3n) is 4.93. The average molecular weight is 536 g/mol. The molecule has 0 aliphatic carbocycles. The summed E-state index contributed by atoms with van der Waals surface area (Å²) in [7, 11) is 0. The fourth-order valence-electron chi connectivity index (χ4n) is 3.30. The van der Waals surface area contributed by atoms with Gasteiger partial charge in [0.05, 0.1) is 28.9 Å². The summed E-state index contributed by atoms with van der Waals surface area (Å²) < 4.78 is 80.8. The highest BCUT2D eigenvalue weighted by molar-refractivity contribution is 6.35. The van der Waals surface area contributed by atoms with Gasteiger partial charge in [-0.3, -0.25) is 14.8 Å². The minimum atomic E-state index is -5.01. The molecule has 37 heavy (non-hydrogen) atoms. The second-order valence-electron chi connectivity index (χ2n) is 7.51. The molecule has 0 atom stereocenters. The Labute approximate surface area is 209 Å². The molecule has 0 unspecified atom stereocenters. The Balaban J connectivity index is 1.79. The molecule has 0 amide bonds. The Morgan fingerprint density at radius 3 is 2.24 bits per heavy atom. The molecule has 2 aromatic carbocycles. The maximum absolute atomic E-state index is 13.3. The van der Waals surface area contributed by atoms with Gasteiger partial charge in [0.25, 0.3) is 0 Å². The van der Waals surface area contributed by atoms with Crippen molar-refractivity contribution in [2.45, 2.75) is 18.9 Å². The zero-order valence-electron chi connectivity index (χ0n) is 18.3. The van der Waals surface area contributed by atoms with E-state index in [0.717, 1.165) is 4.68 Å². The Morgan fingerprint density at radius 1 is 0.973 bits per heavy atom. The molecule has 4 aromatic rings. The highest BCUT2D eigenvalue weighted by Gasteiger charge is 2.37. The van der Waals surface area contributed by atoms with E-state index in [2.05, 4.69) is 32.1 Å². The lowest BCUT2D eigenvalue weighted by atomic mass is 10.0. The van der Waals surface area contributed by atoms with Crippen LogP contribution < -0.4 is 0 Å². The van der Waals surface area contributed by atoms with Crippen LogP contribution in [0.2, 0.25) is 5.02 Å². The number of hydrogen-bond acceptors (Lipinski definition) is 5. The number of nitrogens with zero attached hydrogens (tertiary/aromatic N) is 5. The zero-order chi connectivity index (χ0) is 26.8. The molecule has 0 spiro atoms. The Kier molecular flexibility index (Phi) is 7.00. The van der Waals surface area contributed by atoms with Gasteiger partial charge in [-0.15, -0.1) is 5.10 Å². The molecule has 0 fully saturated rings. The quantitative estimate of drug-likeness (QED) is 0.190. The maximum atomic E-state index is 13.3. The molecule has 2 heterocycles. The van der Waals surface area contributed by atoms with Crippen molar-refractivity contribution in [3.63, 3.8) is 0 Å². The van der Waals surface area contributed by atoms with Crippen LogP contribution in [0.3, 0.4) is 0 Å². The molecule has 0 bridgehead atoms. The van der Waals surface area contributed by atoms with E-state index in [1.165, 1.54) is 30.7 Å². The van der Waals surface area contributed by atoms with Gasteiger partial charge in [0.15, 0.2) is 5.69 Å². The van der Waals surface area contributed by atoms with E-state index in [1.54, 1.807) is 12.1 Å². The molecular formula is C24H12ClF6N5O. The molecule has 0 N–H and O–H groups in total. The van der Waals surface area contributed by atoms with E-state index < -0.39 is 35.8 Å². The van der Waals surface area contributed by atoms with Crippen LogP contribution in [0.25, 0.3) is 11.4 Å². The fourth-order valence-corrected chi connectivity index (χ4v) is 3.52. The lowest BCUT2D eigenvalue weighted by Crippen LogP contribution is -2.13. The number of aromatic nitrogens is 5. The van der Waals surface area contributed by atoms with Crippen molar-refractivity contribution in [1.29, 1.82) is 0 Å². The number of alkyl halides is 6. The van der Waals surface area contributed by atoms with E-state index in [-0.39, 0.29) is 39.3 Å². The summed E-state index contributed by atoms with van der Waals surface area (Å²) >= 11 is 6.01. The second kappa shape index (κ2) is 10.0. The lowest BCUT2D eigenvalue weighted by molar-refractivity contribution is -0.143. The summed E-state index contributed by atoms with van der Waals surface area (Å²) in [6.45, 7) is -0.536. The number of Topliss-reactive ketones (excluding diaryl/α,β-unsaturated/α-hetero) is 1. The van der Waals surface area contributed by atoms with Gasteiger partial charge in [-0.25, -0.2) is 4.68 Å². The number of ketones is 1. The van der Waals surface area contributed by atoms with Gasteiger partial charge in [0.1, 0.15) is 11.4 Å². The number of rotatable bonds is 4. The monoisotopic (exact) mass is 535 g/mol. The minimum Gasteiger partial charge on any atom is -0.279 e. The minimum absolute atomic E-state index is 0.0334. The van der Waals surface area contributed by atoms with Crippen molar-refractivity contribution in [3.8, 4) is 23.2 Å². The average Bonchev–Trinajstić information content (AvgIpc) is 3.24. The van der Waals surface area contributed by atoms with Gasteiger partial charge in [0, 0.05) is 18.0 Å². The van der Waals surface area contributed by atoms with E-state index in [9.17, 15) is 31.1 Å². The molecule has 0 aliphatic rings. The van der Waals surface area contributed by atoms with Crippen LogP contribution in [0.15, 0.2) is 61.1 Å². The molecule has 0 aliphatic heterocycles. The third-order valence-corrected chi connectivity index (χ3v) is 5.26. The summed E-state index contributed by atoms with van der Waals surface area (Å²) in [5, 5.41) is 7.87. The van der Waals surface area contributed by atoms with Gasteiger partial charge >= 0.3 is 12.4 Å². The number of hydrogen-bond donors (Lipinski definition) is 0. The van der Waals surface area contributed by atoms with Crippen LogP contribution in [-0.2, 0) is 18.9 Å². The number of halogens is 7. The van der Waals surface area contributed by atoms with Crippen molar-refractivity contribution < 1.29 is 31.1 Å². The van der Waals surface area contributed by atoms with Crippen LogP contribution in [0.5, 0.6) is 0 Å². The molecular weight excluding hydrogens is 524 g/mol. The predicted molar refractivity (Wildman–Crippen MR) is 119 cm³/mol. The van der Waals surface area contributed by atoms with Crippen molar-refractivity contribution >= 4 is 17.4 Å². The molecule has 0 radical (unpaired) electrons. The molecule has 188 valence electrons. The number of carbonyl (C=O) groups is 1. The van der Waals surface area contributed by atoms with Gasteiger partial charge in [0.2, 0.25) is 5.78 Å². The first kappa shape index (κ1) is 25.8. The fraction of sp³-hybridized carbons (Fsp3) is 0.125. The first-order valence-corrected chi connectivity index (χ1v) is 10.6. The molecule has 2 aromatic heterocycles. The predicted octanol–water partition coefficient (Wildman–Crippen LogP) is 5.71. The van der Waals surface area contributed by atoms with Crippen molar-refractivity contribution in [2.24, 2.45) is 0 Å². The van der Waals surface area contributed by atoms with Crippen molar-refractivity contribution in [2.75, 3.05) is 0 Å². The summed E-state index contributed by atoms with van der Waals surface area (Å²) in [4.78, 5) is 20.5. The standard InChI is InChI=1S/C24H12ClF6N5O/c25-18-4-2-1-3-17(18)21(37)6-5-19-22(20-12-32-7-8-33-20)36(35-34-19)13-14-9-15(23(26,27)28)11-16(10-14)24(29,30)31/h1-4,7-12H,13H2. The van der Waals surface area contributed by atoms with Crippen molar-refractivity contribution in [1.82, 2.24) is 25.0 Å². The van der Waals surface area contributed by atoms with Crippen LogP contribution >= 0.6 is 11.6 Å². The van der Waals surface area contributed by atoms with E-state index in [0.29, 0.717) is 12.1 Å². The smallest absolute Gasteiger partial charge is 0.279 e. The molecule has 13 heteroatoms. The van der Waals surface area contributed by atoms with E-state index in [1.807, 2.05) is 0 Å². The molecule has 0 saturated carbocycles. The molecule has 6 nitrogen and oxygen atoms in total. The Morgan fingerprint density at radius 2 is 1.65 bits per heavy atom. The maximum Gasteiger partial charge on any atom is 0.416 e. The van der Waals surface area contributed by atoms with Crippen LogP contribution in [0, 0.1) is 11.8 Å². The highest BCUT2D eigenvalue weighted by atomic mass is 35.5. The third kappa shape index (κ3) is 5.95. The van der Waals surface area contributed by atoms with Crippen LogP contribution in [-0.4, -0.2) is 30.7 Å². The summed E-state index contributed by atoms with van der Waals surface area (Å²) in [6, 6.07) is 7.39. The number of benzene rings is 2. The Hall–Kier alpha value is -4.24. The summed E-state index contributed by atoms with van der Waals surface area (Å²) in [5.41, 5.74) is -3.07. The van der Waals surface area contributed by atoms with Crippen LogP contribution in [0.4, 0.5) is 26.3 Å². The topological polar surface area (TPSA) is 73.6 Å². The summed E-state index contributed by atoms with van der Waals surface area (Å²) in [6.07, 6.45) is -6.08. The van der Waals surface area contributed by atoms with Crippen LogP contribution in [0.1, 0.15) is 32.7 Å². The number of carbonyl (C=O) groups excluding carboxylic acids is 1. The SMILES string of the molecule is O=C(C#Cc1nnn(Cc2cc(C(F)(F)F)cc(C(F)(F)F)c2)c1-c1cnccn1)c1ccccc1Cl. The van der Waals surface area contributed by atoms with Gasteiger partial charge in [-0.1, -0.05) is 28.9 Å². The molecule has 4 rings (SSSR count). The van der Waals surface area contributed by atoms with Gasteiger partial charge < -0.3 is 0 Å². The second-order valence-corrected chi connectivity index (χ2v) is 7.92. The largest absolute Gasteiger partial charge is 0.416 e. The Bertz CT molecular complexity index is 1490. The normalized spacial score (nSPS) is 11.6. The zero-order valence-corrected chi connectivity index (χ0v) is 19.0. The highest BCUT2D eigenvalue weighted by Crippen LogP contribution is 2.36.